The lowest BCUT2D eigenvalue weighted by atomic mass is 10.2. The summed E-state index contributed by atoms with van der Waals surface area (Å²) in [4.78, 5) is 16.8. The van der Waals surface area contributed by atoms with Gasteiger partial charge in [-0.1, -0.05) is 0 Å². The van der Waals surface area contributed by atoms with E-state index >= 15 is 0 Å². The molecule has 2 N–H and O–H groups in total. The highest BCUT2D eigenvalue weighted by Crippen LogP contribution is 2.29. The van der Waals surface area contributed by atoms with E-state index in [-0.39, 0.29) is 17.3 Å². The predicted molar refractivity (Wildman–Crippen MR) is 104 cm³/mol. The quantitative estimate of drug-likeness (QED) is 0.723. The molecule has 0 saturated carbocycles. The first-order valence-electron chi connectivity index (χ1n) is 9.05. The number of anilines is 1. The van der Waals surface area contributed by atoms with Crippen LogP contribution in [0, 0.1) is 5.82 Å². The Bertz CT molecular complexity index is 999. The number of ether oxygens (including phenoxy) is 2. The molecule has 2 heterocycles. The minimum Gasteiger partial charge on any atom is -0.497 e. The number of amides is 1. The Morgan fingerprint density at radius 1 is 1.34 bits per heavy atom. The second-order valence-electron chi connectivity index (χ2n) is 7.17. The number of hydrogen-bond donors (Lipinski definition) is 2. The van der Waals surface area contributed by atoms with Gasteiger partial charge in [0.25, 0.3) is 0 Å². The van der Waals surface area contributed by atoms with Gasteiger partial charge in [0.1, 0.15) is 16.3 Å². The number of H-pyrrole nitrogens is 1. The Labute approximate surface area is 167 Å². The maximum absolute atomic E-state index is 14.2. The maximum Gasteiger partial charge on any atom is 0.249 e. The van der Waals surface area contributed by atoms with Gasteiger partial charge in [-0.25, -0.2) is 12.8 Å². The number of nitrogens with zero attached hydrogens (tertiary/aromatic N) is 2. The molecule has 1 aromatic heterocycles. The number of rotatable bonds is 6. The van der Waals surface area contributed by atoms with Gasteiger partial charge in [-0.05, 0) is 38.8 Å². The standard InChI is InChI=1S/C18H23FN4O5S/c1-18(2,29(25,26)12-6-8-28-9-7-12)16(24)21-17-20-15(22-23-17)13-5-4-11(27-3)10-14(13)19/h4-5,10,12H,6-9H2,1-3H3,(H2,20,21,22,23,24). The normalized spacial score (nSPS) is 15.9. The Morgan fingerprint density at radius 3 is 2.66 bits per heavy atom. The lowest BCUT2D eigenvalue weighted by Crippen LogP contribution is -2.50. The fourth-order valence-corrected chi connectivity index (χ4v) is 4.99. The summed E-state index contributed by atoms with van der Waals surface area (Å²) < 4.78 is 48.6. The molecule has 11 heteroatoms. The third-order valence-corrected chi connectivity index (χ3v) is 7.96. The highest BCUT2D eigenvalue weighted by Gasteiger charge is 2.46. The van der Waals surface area contributed by atoms with E-state index in [1.54, 1.807) is 6.07 Å². The average molecular weight is 426 g/mol. The van der Waals surface area contributed by atoms with Crippen LogP contribution in [-0.2, 0) is 19.4 Å². The third-order valence-electron chi connectivity index (χ3n) is 5.01. The van der Waals surface area contributed by atoms with E-state index in [4.69, 9.17) is 9.47 Å². The van der Waals surface area contributed by atoms with Crippen LogP contribution in [0.15, 0.2) is 18.2 Å². The van der Waals surface area contributed by atoms with E-state index in [2.05, 4.69) is 20.5 Å². The molecule has 29 heavy (non-hydrogen) atoms. The number of halogens is 1. The summed E-state index contributed by atoms with van der Waals surface area (Å²) >= 11 is 0. The second-order valence-corrected chi connectivity index (χ2v) is 9.95. The van der Waals surface area contributed by atoms with E-state index in [1.165, 1.54) is 33.1 Å². The van der Waals surface area contributed by atoms with E-state index in [0.29, 0.717) is 31.8 Å². The summed E-state index contributed by atoms with van der Waals surface area (Å²) in [5.74, 6) is -1.05. The van der Waals surface area contributed by atoms with E-state index in [0.717, 1.165) is 0 Å². The summed E-state index contributed by atoms with van der Waals surface area (Å²) in [6.07, 6.45) is 0.696. The molecule has 1 aliphatic heterocycles. The van der Waals surface area contributed by atoms with Crippen molar-refractivity contribution in [3.63, 3.8) is 0 Å². The second kappa shape index (κ2) is 8.07. The number of sulfone groups is 1. The number of methoxy groups -OCH3 is 1. The number of benzene rings is 1. The van der Waals surface area contributed by atoms with Crippen LogP contribution in [0.5, 0.6) is 5.75 Å². The number of carbonyl (C=O) groups is 1. The van der Waals surface area contributed by atoms with Crippen molar-refractivity contribution in [2.45, 2.75) is 36.7 Å². The van der Waals surface area contributed by atoms with Gasteiger partial charge < -0.3 is 9.47 Å². The predicted octanol–water partition coefficient (Wildman–Crippen LogP) is 1.93. The molecular formula is C18H23FN4O5S. The molecule has 0 atom stereocenters. The summed E-state index contributed by atoms with van der Waals surface area (Å²) in [6.45, 7) is 3.40. The highest BCUT2D eigenvalue weighted by molar-refractivity contribution is 7.94. The maximum atomic E-state index is 14.2. The molecule has 2 aromatic rings. The Hall–Kier alpha value is -2.53. The zero-order valence-electron chi connectivity index (χ0n) is 16.4. The SMILES string of the molecule is COc1ccc(-c2nc(NC(=O)C(C)(C)S(=O)(=O)C3CCOCC3)n[nH]2)c(F)c1. The van der Waals surface area contributed by atoms with Gasteiger partial charge in [0.2, 0.25) is 11.9 Å². The highest BCUT2D eigenvalue weighted by atomic mass is 32.2. The van der Waals surface area contributed by atoms with Crippen molar-refractivity contribution >= 4 is 21.7 Å². The number of nitrogens with one attached hydrogen (secondary N) is 2. The topological polar surface area (TPSA) is 123 Å². The molecule has 1 aromatic carbocycles. The number of aromatic amines is 1. The first kappa shape index (κ1) is 21.2. The molecule has 0 spiro atoms. The zero-order valence-corrected chi connectivity index (χ0v) is 17.2. The van der Waals surface area contributed by atoms with Crippen molar-refractivity contribution in [1.82, 2.24) is 15.2 Å². The molecule has 0 unspecified atom stereocenters. The largest absolute Gasteiger partial charge is 0.497 e. The van der Waals surface area contributed by atoms with Crippen LogP contribution in [0.2, 0.25) is 0 Å². The molecule has 1 saturated heterocycles. The smallest absolute Gasteiger partial charge is 0.249 e. The van der Waals surface area contributed by atoms with Gasteiger partial charge in [-0.15, -0.1) is 5.10 Å². The van der Waals surface area contributed by atoms with E-state index < -0.39 is 31.6 Å². The van der Waals surface area contributed by atoms with Crippen LogP contribution in [-0.4, -0.2) is 59.8 Å². The van der Waals surface area contributed by atoms with Crippen molar-refractivity contribution in [1.29, 1.82) is 0 Å². The van der Waals surface area contributed by atoms with Crippen LogP contribution in [0.4, 0.5) is 10.3 Å². The lowest BCUT2D eigenvalue weighted by Gasteiger charge is -2.30. The van der Waals surface area contributed by atoms with Crippen molar-refractivity contribution in [2.75, 3.05) is 25.6 Å². The third kappa shape index (κ3) is 4.10. The monoisotopic (exact) mass is 426 g/mol. The lowest BCUT2D eigenvalue weighted by molar-refractivity contribution is -0.117. The molecule has 158 valence electrons. The molecular weight excluding hydrogens is 403 g/mol. The van der Waals surface area contributed by atoms with Crippen molar-refractivity contribution < 1.29 is 27.1 Å². The Balaban J connectivity index is 1.77. The van der Waals surface area contributed by atoms with Gasteiger partial charge in [-0.2, -0.15) is 4.98 Å². The molecule has 3 rings (SSSR count). The first-order chi connectivity index (χ1) is 13.7. The van der Waals surface area contributed by atoms with Crippen LogP contribution >= 0.6 is 0 Å². The molecule has 0 radical (unpaired) electrons. The van der Waals surface area contributed by atoms with Crippen LogP contribution in [0.1, 0.15) is 26.7 Å². The van der Waals surface area contributed by atoms with Gasteiger partial charge in [0.15, 0.2) is 15.7 Å². The summed E-state index contributed by atoms with van der Waals surface area (Å²) in [5, 5.41) is 8.14. The summed E-state index contributed by atoms with van der Waals surface area (Å²) in [7, 11) is -2.35. The van der Waals surface area contributed by atoms with Crippen LogP contribution in [0.3, 0.4) is 0 Å². The van der Waals surface area contributed by atoms with E-state index in [9.17, 15) is 17.6 Å². The van der Waals surface area contributed by atoms with Crippen molar-refractivity contribution in [3.05, 3.63) is 24.0 Å². The summed E-state index contributed by atoms with van der Waals surface area (Å²) in [6, 6.07) is 4.21. The van der Waals surface area contributed by atoms with Gasteiger partial charge in [0.05, 0.1) is 17.9 Å². The number of hydrogen-bond acceptors (Lipinski definition) is 7. The van der Waals surface area contributed by atoms with Gasteiger partial charge in [0, 0.05) is 19.3 Å². The fraction of sp³-hybridized carbons (Fsp3) is 0.500. The summed E-state index contributed by atoms with van der Waals surface area (Å²) in [5.41, 5.74) is 0.132. The Morgan fingerprint density at radius 2 is 2.03 bits per heavy atom. The average Bonchev–Trinajstić information content (AvgIpc) is 3.16. The first-order valence-corrected chi connectivity index (χ1v) is 10.6. The minimum absolute atomic E-state index is 0.0885. The fourth-order valence-electron chi connectivity index (χ4n) is 3.04. The van der Waals surface area contributed by atoms with E-state index in [1.807, 2.05) is 0 Å². The minimum atomic E-state index is -3.77. The van der Waals surface area contributed by atoms with Crippen LogP contribution in [0.25, 0.3) is 11.4 Å². The van der Waals surface area contributed by atoms with Gasteiger partial charge >= 0.3 is 0 Å². The molecule has 0 aliphatic carbocycles. The zero-order chi connectivity index (χ0) is 21.2. The molecule has 9 nitrogen and oxygen atoms in total. The van der Waals surface area contributed by atoms with Crippen LogP contribution < -0.4 is 10.1 Å². The Kier molecular flexibility index (Phi) is 5.90. The molecule has 0 bridgehead atoms. The number of carbonyl (C=O) groups excluding carboxylic acids is 1. The molecule has 1 aliphatic rings. The number of aromatic nitrogens is 3. The molecule has 1 amide bonds. The van der Waals surface area contributed by atoms with Gasteiger partial charge in [-0.3, -0.25) is 15.2 Å². The van der Waals surface area contributed by atoms with Crippen molar-refractivity contribution in [3.8, 4) is 17.1 Å². The van der Waals surface area contributed by atoms with Crippen molar-refractivity contribution in [2.24, 2.45) is 0 Å². The molecule has 1 fully saturated rings.